The van der Waals surface area contributed by atoms with Crippen molar-refractivity contribution in [2.75, 3.05) is 5.73 Å². The molecule has 0 aliphatic rings. The number of hydrogen-bond donors (Lipinski definition) is 3. The van der Waals surface area contributed by atoms with Gasteiger partial charge >= 0.3 is 12.1 Å². The number of hydrogen-bond acceptors (Lipinski definition) is 3. The average Bonchev–Trinajstić information content (AvgIpc) is 2.22. The highest BCUT2D eigenvalue weighted by Crippen LogP contribution is 2.48. The lowest BCUT2D eigenvalue weighted by Crippen LogP contribution is -2.40. The van der Waals surface area contributed by atoms with Gasteiger partial charge in [-0.1, -0.05) is 0 Å². The summed E-state index contributed by atoms with van der Waals surface area (Å²) in [6.07, 6.45) is -9.87. The Hall–Kier alpha value is -1.80. The van der Waals surface area contributed by atoms with Gasteiger partial charge < -0.3 is 15.9 Å². The fourth-order valence-corrected chi connectivity index (χ4v) is 1.14. The minimum Gasteiger partial charge on any atom is -0.506 e. The number of nitrogen functional groups attached to an aromatic ring is 1. The summed E-state index contributed by atoms with van der Waals surface area (Å²) in [5, 5.41) is 18.0. The Morgan fingerprint density at radius 2 is 1.39 bits per heavy atom. The Balaban J connectivity index is 3.24. The second kappa shape index (κ2) is 4.14. The van der Waals surface area contributed by atoms with E-state index in [1.54, 1.807) is 0 Å². The van der Waals surface area contributed by atoms with E-state index in [9.17, 15) is 26.3 Å². The predicted molar refractivity (Wildman–Crippen MR) is 49.0 cm³/mol. The fraction of sp³-hybridized carbons (Fsp3) is 0.333. The number of rotatable bonds is 2. The normalized spacial score (nSPS) is 14.6. The highest BCUT2D eigenvalue weighted by molar-refractivity contribution is 5.63. The van der Waals surface area contributed by atoms with E-state index < -0.39 is 41.0 Å². The molecule has 0 spiro atoms. The van der Waals surface area contributed by atoms with Crippen LogP contribution in [0.1, 0.15) is 11.7 Å². The molecule has 0 bridgehead atoms. The average molecular weight is 275 g/mol. The summed E-state index contributed by atoms with van der Waals surface area (Å²) < 4.78 is 74.3. The van der Waals surface area contributed by atoms with Gasteiger partial charge in [-0.15, -0.1) is 0 Å². The van der Waals surface area contributed by atoms with Gasteiger partial charge in [-0.2, -0.15) is 22.0 Å². The summed E-state index contributed by atoms with van der Waals surface area (Å²) in [6.45, 7) is 0. The molecule has 0 aliphatic carbocycles. The summed E-state index contributed by atoms with van der Waals surface area (Å²) in [7, 11) is 0. The first-order chi connectivity index (χ1) is 7.98. The molecule has 1 aromatic rings. The van der Waals surface area contributed by atoms with Crippen LogP contribution in [0.5, 0.6) is 11.5 Å². The predicted octanol–water partition coefficient (Wildman–Crippen LogP) is 2.89. The van der Waals surface area contributed by atoms with Crippen LogP contribution in [-0.2, 0) is 0 Å². The summed E-state index contributed by atoms with van der Waals surface area (Å²) >= 11 is 0. The van der Waals surface area contributed by atoms with Crippen molar-refractivity contribution in [2.24, 2.45) is 0 Å². The molecule has 0 saturated carbocycles. The van der Waals surface area contributed by atoms with Crippen LogP contribution in [-0.4, -0.2) is 22.3 Å². The van der Waals surface area contributed by atoms with Crippen LogP contribution < -0.4 is 5.73 Å². The van der Waals surface area contributed by atoms with Gasteiger partial charge in [0.1, 0.15) is 17.2 Å². The van der Waals surface area contributed by atoms with Crippen molar-refractivity contribution in [1.29, 1.82) is 0 Å². The Bertz CT molecular complexity index is 436. The zero-order valence-corrected chi connectivity index (χ0v) is 8.47. The number of halogens is 6. The molecule has 1 unspecified atom stereocenters. The second-order valence-electron chi connectivity index (χ2n) is 3.46. The van der Waals surface area contributed by atoms with Crippen molar-refractivity contribution in [3.63, 3.8) is 0 Å². The summed E-state index contributed by atoms with van der Waals surface area (Å²) in [5.74, 6) is -7.64. The molecule has 0 amide bonds. The van der Waals surface area contributed by atoms with Gasteiger partial charge in [-0.05, 0) is 17.7 Å². The molecule has 0 aliphatic heterocycles. The van der Waals surface area contributed by atoms with Crippen LogP contribution >= 0.6 is 0 Å². The molecule has 102 valence electrons. The Morgan fingerprint density at radius 3 is 1.72 bits per heavy atom. The van der Waals surface area contributed by atoms with Gasteiger partial charge in [0.2, 0.25) is 0 Å². The minimum absolute atomic E-state index is 0.291. The largest absolute Gasteiger partial charge is 0.506 e. The third kappa shape index (κ3) is 2.24. The maximum absolute atomic E-state index is 13.2. The third-order valence-electron chi connectivity index (χ3n) is 2.15. The molecule has 4 N–H and O–H groups in total. The van der Waals surface area contributed by atoms with Crippen molar-refractivity contribution in [3.8, 4) is 11.5 Å². The first-order valence-corrected chi connectivity index (χ1v) is 4.38. The van der Waals surface area contributed by atoms with Gasteiger partial charge in [-0.3, -0.25) is 0 Å². The van der Waals surface area contributed by atoms with Gasteiger partial charge in [-0.25, -0.2) is 4.39 Å². The quantitative estimate of drug-likeness (QED) is 0.441. The van der Waals surface area contributed by atoms with Crippen LogP contribution in [0.15, 0.2) is 12.1 Å². The van der Waals surface area contributed by atoms with Crippen molar-refractivity contribution >= 4 is 5.69 Å². The Labute approximate surface area is 96.4 Å². The number of benzene rings is 1. The van der Waals surface area contributed by atoms with E-state index >= 15 is 0 Å². The topological polar surface area (TPSA) is 66.5 Å². The van der Waals surface area contributed by atoms with Crippen molar-refractivity contribution in [1.82, 2.24) is 0 Å². The SMILES string of the molecule is Nc1c(O)cc(C(F)C(F)(F)C(F)(F)F)cc1O. The Morgan fingerprint density at radius 1 is 1.00 bits per heavy atom. The standard InChI is InChI=1S/C9H7F6NO2/c10-7(8(11,12)9(13,14)15)3-1-4(17)6(16)5(18)2-3/h1-2,7,17-18H,16H2. The van der Waals surface area contributed by atoms with Gasteiger partial charge in [0.25, 0.3) is 0 Å². The lowest BCUT2D eigenvalue weighted by molar-refractivity contribution is -0.305. The van der Waals surface area contributed by atoms with E-state index in [-0.39, 0.29) is 0 Å². The molecule has 0 radical (unpaired) electrons. The van der Waals surface area contributed by atoms with Crippen LogP contribution in [0, 0.1) is 0 Å². The molecule has 1 aromatic carbocycles. The van der Waals surface area contributed by atoms with E-state index in [1.165, 1.54) is 0 Å². The molecular formula is C9H7F6NO2. The van der Waals surface area contributed by atoms with Gasteiger partial charge in [0.15, 0.2) is 6.17 Å². The monoisotopic (exact) mass is 275 g/mol. The molecule has 1 atom stereocenters. The maximum Gasteiger partial charge on any atom is 0.456 e. The third-order valence-corrected chi connectivity index (χ3v) is 2.15. The molecule has 0 heterocycles. The zero-order valence-electron chi connectivity index (χ0n) is 8.47. The number of phenolic OH excluding ortho intramolecular Hbond substituents is 2. The molecule has 0 aromatic heterocycles. The molecule has 1 rings (SSSR count). The molecular weight excluding hydrogens is 268 g/mol. The van der Waals surface area contributed by atoms with E-state index in [2.05, 4.69) is 0 Å². The van der Waals surface area contributed by atoms with E-state index in [0.717, 1.165) is 0 Å². The zero-order chi connectivity index (χ0) is 14.3. The molecule has 18 heavy (non-hydrogen) atoms. The molecule has 9 heteroatoms. The van der Waals surface area contributed by atoms with Crippen molar-refractivity contribution in [3.05, 3.63) is 17.7 Å². The minimum atomic E-state index is -6.10. The number of phenols is 2. The fourth-order valence-electron chi connectivity index (χ4n) is 1.14. The second-order valence-corrected chi connectivity index (χ2v) is 3.46. The van der Waals surface area contributed by atoms with E-state index in [0.29, 0.717) is 12.1 Å². The maximum atomic E-state index is 13.2. The first kappa shape index (κ1) is 14.3. The van der Waals surface area contributed by atoms with Crippen molar-refractivity contribution in [2.45, 2.75) is 18.3 Å². The van der Waals surface area contributed by atoms with Gasteiger partial charge in [0, 0.05) is 0 Å². The van der Waals surface area contributed by atoms with Crippen LogP contribution in [0.4, 0.5) is 32.0 Å². The van der Waals surface area contributed by atoms with Crippen LogP contribution in [0.3, 0.4) is 0 Å². The number of anilines is 1. The summed E-state index contributed by atoms with van der Waals surface area (Å²) in [6, 6.07) is 0.582. The summed E-state index contributed by atoms with van der Waals surface area (Å²) in [5.41, 5.74) is 3.13. The smallest absolute Gasteiger partial charge is 0.456 e. The molecule has 0 saturated heterocycles. The van der Waals surface area contributed by atoms with E-state index in [4.69, 9.17) is 15.9 Å². The lowest BCUT2D eigenvalue weighted by Gasteiger charge is -2.23. The van der Waals surface area contributed by atoms with Crippen LogP contribution in [0.25, 0.3) is 0 Å². The van der Waals surface area contributed by atoms with E-state index in [1.807, 2.05) is 0 Å². The van der Waals surface area contributed by atoms with Crippen LogP contribution in [0.2, 0.25) is 0 Å². The Kier molecular flexibility index (Phi) is 3.28. The number of aromatic hydroxyl groups is 2. The summed E-state index contributed by atoms with van der Waals surface area (Å²) in [4.78, 5) is 0. The highest BCUT2D eigenvalue weighted by Gasteiger charge is 2.63. The number of nitrogens with two attached hydrogens (primary N) is 1. The van der Waals surface area contributed by atoms with Gasteiger partial charge in [0.05, 0.1) is 0 Å². The number of alkyl halides is 6. The molecule has 3 nitrogen and oxygen atoms in total. The lowest BCUT2D eigenvalue weighted by atomic mass is 10.0. The first-order valence-electron chi connectivity index (χ1n) is 4.38. The molecule has 0 fully saturated rings. The highest BCUT2D eigenvalue weighted by atomic mass is 19.4. The van der Waals surface area contributed by atoms with Crippen molar-refractivity contribution < 1.29 is 36.6 Å².